The maximum Gasteiger partial charge on any atom is 0.298 e. The Balaban J connectivity index is 3.16. The number of hydrogen-bond donors (Lipinski definition) is 1. The molecule has 7 heteroatoms. The third-order valence-corrected chi connectivity index (χ3v) is 2.90. The van der Waals surface area contributed by atoms with Gasteiger partial charge in [0.1, 0.15) is 0 Å². The Hall–Kier alpha value is -0.790. The third kappa shape index (κ3) is 1.62. The van der Waals surface area contributed by atoms with E-state index in [-0.39, 0.29) is 9.90 Å². The molecule has 0 fully saturated rings. The Morgan fingerprint density at radius 1 is 1.73 bits per heavy atom. The van der Waals surface area contributed by atoms with E-state index in [1.54, 1.807) is 0 Å². The first-order valence-corrected chi connectivity index (χ1v) is 4.44. The van der Waals surface area contributed by atoms with Crippen molar-refractivity contribution in [1.29, 1.82) is 0 Å². The van der Waals surface area contributed by atoms with Crippen molar-refractivity contribution in [3.63, 3.8) is 0 Å². The SMILES string of the molecule is O=[N+]([O-])c1ccsc1S(=O)O. The Morgan fingerprint density at radius 2 is 2.36 bits per heavy atom. The van der Waals surface area contributed by atoms with Crippen molar-refractivity contribution in [2.45, 2.75) is 4.21 Å². The van der Waals surface area contributed by atoms with Gasteiger partial charge in [-0.3, -0.25) is 10.1 Å². The first-order chi connectivity index (χ1) is 5.13. The van der Waals surface area contributed by atoms with E-state index in [1.807, 2.05) is 0 Å². The Labute approximate surface area is 68.1 Å². The minimum atomic E-state index is -2.25. The first-order valence-electron chi connectivity index (χ1n) is 2.45. The second kappa shape index (κ2) is 3.07. The fourth-order valence-electron chi connectivity index (χ4n) is 0.555. The number of thiophene rings is 1. The summed E-state index contributed by atoms with van der Waals surface area (Å²) in [7, 11) is 0. The summed E-state index contributed by atoms with van der Waals surface area (Å²) in [6.07, 6.45) is 0. The molecule has 11 heavy (non-hydrogen) atoms. The summed E-state index contributed by atoms with van der Waals surface area (Å²) in [6.45, 7) is 0. The Kier molecular flexibility index (Phi) is 2.32. The van der Waals surface area contributed by atoms with E-state index in [2.05, 4.69) is 0 Å². The van der Waals surface area contributed by atoms with E-state index < -0.39 is 16.0 Å². The molecule has 0 amide bonds. The molecule has 1 atom stereocenters. The zero-order valence-corrected chi connectivity index (χ0v) is 6.72. The molecule has 60 valence electrons. The highest BCUT2D eigenvalue weighted by atomic mass is 32.2. The minimum Gasteiger partial charge on any atom is -0.301 e. The van der Waals surface area contributed by atoms with Gasteiger partial charge in [-0.2, -0.15) is 0 Å². The second-order valence-corrected chi connectivity index (χ2v) is 3.68. The molecule has 5 nitrogen and oxygen atoms in total. The summed E-state index contributed by atoms with van der Waals surface area (Å²) in [5.41, 5.74) is -0.296. The molecule has 0 saturated heterocycles. The topological polar surface area (TPSA) is 80.4 Å². The van der Waals surface area contributed by atoms with E-state index in [4.69, 9.17) is 4.55 Å². The third-order valence-electron chi connectivity index (χ3n) is 0.965. The van der Waals surface area contributed by atoms with E-state index in [1.165, 1.54) is 11.4 Å². The maximum atomic E-state index is 10.4. The molecule has 0 spiro atoms. The quantitative estimate of drug-likeness (QED) is 0.435. The van der Waals surface area contributed by atoms with E-state index in [0.29, 0.717) is 0 Å². The standard InChI is InChI=1S/C4H3NO4S2/c6-5(7)3-1-2-10-4(3)11(8)9/h1-2H,(H,8,9). The zero-order chi connectivity index (χ0) is 8.43. The van der Waals surface area contributed by atoms with Crippen LogP contribution in [0, 0.1) is 10.1 Å². The van der Waals surface area contributed by atoms with Crippen molar-refractivity contribution in [3.05, 3.63) is 21.6 Å². The predicted octanol–water partition coefficient (Wildman–Crippen LogP) is 1.24. The first kappa shape index (κ1) is 8.31. The largest absolute Gasteiger partial charge is 0.301 e. The van der Waals surface area contributed by atoms with Gasteiger partial charge in [0, 0.05) is 6.07 Å². The molecule has 1 N–H and O–H groups in total. The average Bonchev–Trinajstić information content (AvgIpc) is 2.32. The molecular formula is C4H3NO4S2. The van der Waals surface area contributed by atoms with Crippen molar-refractivity contribution >= 4 is 28.1 Å². The van der Waals surface area contributed by atoms with Gasteiger partial charge < -0.3 is 4.55 Å². The van der Waals surface area contributed by atoms with Crippen molar-refractivity contribution in [2.75, 3.05) is 0 Å². The van der Waals surface area contributed by atoms with Crippen molar-refractivity contribution in [1.82, 2.24) is 0 Å². The van der Waals surface area contributed by atoms with Gasteiger partial charge in [-0.15, -0.1) is 11.3 Å². The summed E-state index contributed by atoms with van der Waals surface area (Å²) in [5.74, 6) is 0. The summed E-state index contributed by atoms with van der Waals surface area (Å²) in [4.78, 5) is 9.47. The molecular weight excluding hydrogens is 190 g/mol. The number of hydrogen-bond acceptors (Lipinski definition) is 4. The highest BCUT2D eigenvalue weighted by Crippen LogP contribution is 2.26. The Morgan fingerprint density at radius 3 is 2.73 bits per heavy atom. The monoisotopic (exact) mass is 193 g/mol. The molecule has 0 radical (unpaired) electrons. The van der Waals surface area contributed by atoms with Gasteiger partial charge in [-0.05, 0) is 5.38 Å². The molecule has 1 unspecified atom stereocenters. The van der Waals surface area contributed by atoms with Crippen LogP contribution in [0.3, 0.4) is 0 Å². The van der Waals surface area contributed by atoms with Gasteiger partial charge in [-0.25, -0.2) is 4.21 Å². The van der Waals surface area contributed by atoms with Crippen LogP contribution in [0.2, 0.25) is 0 Å². The van der Waals surface area contributed by atoms with E-state index >= 15 is 0 Å². The molecule has 1 heterocycles. The summed E-state index contributed by atoms with van der Waals surface area (Å²) < 4.78 is 18.8. The molecule has 0 bridgehead atoms. The van der Waals surface area contributed by atoms with Gasteiger partial charge in [0.25, 0.3) is 5.69 Å². The van der Waals surface area contributed by atoms with Crippen LogP contribution in [0.1, 0.15) is 0 Å². The van der Waals surface area contributed by atoms with Gasteiger partial charge in [0.15, 0.2) is 4.21 Å². The highest BCUT2D eigenvalue weighted by Gasteiger charge is 2.18. The van der Waals surface area contributed by atoms with E-state index in [0.717, 1.165) is 11.3 Å². The van der Waals surface area contributed by atoms with Gasteiger partial charge >= 0.3 is 0 Å². The van der Waals surface area contributed by atoms with Crippen molar-refractivity contribution < 1.29 is 13.7 Å². The molecule has 0 saturated carbocycles. The number of nitrogens with zero attached hydrogens (tertiary/aromatic N) is 1. The maximum absolute atomic E-state index is 10.4. The van der Waals surface area contributed by atoms with E-state index in [9.17, 15) is 14.3 Å². The normalized spacial score (nSPS) is 12.8. The highest BCUT2D eigenvalue weighted by molar-refractivity contribution is 7.82. The fraction of sp³-hybridized carbons (Fsp3) is 0. The van der Waals surface area contributed by atoms with Gasteiger partial charge in [0.05, 0.1) is 4.92 Å². The van der Waals surface area contributed by atoms with Crippen LogP contribution in [-0.4, -0.2) is 13.7 Å². The lowest BCUT2D eigenvalue weighted by atomic mass is 10.6. The molecule has 0 aliphatic rings. The van der Waals surface area contributed by atoms with Crippen LogP contribution in [0.5, 0.6) is 0 Å². The van der Waals surface area contributed by atoms with Crippen LogP contribution in [0.25, 0.3) is 0 Å². The van der Waals surface area contributed by atoms with Crippen LogP contribution in [0.4, 0.5) is 5.69 Å². The zero-order valence-electron chi connectivity index (χ0n) is 5.09. The lowest BCUT2D eigenvalue weighted by molar-refractivity contribution is -0.387. The van der Waals surface area contributed by atoms with Gasteiger partial charge in [0.2, 0.25) is 11.1 Å². The fourth-order valence-corrected chi connectivity index (χ4v) is 1.96. The number of nitro groups is 1. The predicted molar refractivity (Wildman–Crippen MR) is 40.0 cm³/mol. The lowest BCUT2D eigenvalue weighted by Crippen LogP contribution is -1.91. The molecule has 1 aromatic rings. The second-order valence-electron chi connectivity index (χ2n) is 1.60. The molecule has 1 rings (SSSR count). The van der Waals surface area contributed by atoms with Crippen LogP contribution >= 0.6 is 11.3 Å². The smallest absolute Gasteiger partial charge is 0.298 e. The van der Waals surface area contributed by atoms with Gasteiger partial charge in [-0.1, -0.05) is 0 Å². The number of rotatable bonds is 2. The molecule has 0 aliphatic carbocycles. The Bertz CT molecular complexity index is 278. The molecule has 0 aliphatic heterocycles. The molecule has 1 aromatic heterocycles. The summed E-state index contributed by atoms with van der Waals surface area (Å²) >= 11 is -1.36. The van der Waals surface area contributed by atoms with Crippen LogP contribution < -0.4 is 0 Å². The van der Waals surface area contributed by atoms with Crippen molar-refractivity contribution in [2.24, 2.45) is 0 Å². The summed E-state index contributed by atoms with van der Waals surface area (Å²) in [6, 6.07) is 1.20. The summed E-state index contributed by atoms with van der Waals surface area (Å²) in [5, 5.41) is 11.6. The van der Waals surface area contributed by atoms with Crippen LogP contribution in [0.15, 0.2) is 15.7 Å². The van der Waals surface area contributed by atoms with Crippen LogP contribution in [-0.2, 0) is 11.1 Å². The van der Waals surface area contributed by atoms with Crippen molar-refractivity contribution in [3.8, 4) is 0 Å². The molecule has 0 aromatic carbocycles. The minimum absolute atomic E-state index is 0.116. The average molecular weight is 193 g/mol. The lowest BCUT2D eigenvalue weighted by Gasteiger charge is -1.87.